The van der Waals surface area contributed by atoms with Crippen molar-refractivity contribution >= 4 is 20.8 Å². The van der Waals surface area contributed by atoms with Crippen LogP contribution in [-0.4, -0.2) is 39.2 Å². The van der Waals surface area contributed by atoms with Crippen LogP contribution in [0.5, 0.6) is 0 Å². The molecular formula is C4H10EuO8S2. The van der Waals surface area contributed by atoms with Crippen molar-refractivity contribution in [1.29, 1.82) is 0 Å². The molecule has 0 aromatic carbocycles. The van der Waals surface area contributed by atoms with E-state index < -0.39 is 20.8 Å². The van der Waals surface area contributed by atoms with E-state index in [9.17, 15) is 25.9 Å². The maximum atomic E-state index is 9.45. The molecule has 0 bridgehead atoms. The van der Waals surface area contributed by atoms with E-state index in [4.69, 9.17) is 0 Å². The van der Waals surface area contributed by atoms with Gasteiger partial charge >= 0.3 is 49.4 Å². The first-order valence-corrected chi connectivity index (χ1v) is 5.99. The van der Waals surface area contributed by atoms with Crippen LogP contribution in [0.15, 0.2) is 0 Å². The molecule has 0 fully saturated rings. The van der Waals surface area contributed by atoms with E-state index in [1.165, 1.54) is 13.8 Å². The summed E-state index contributed by atoms with van der Waals surface area (Å²) in [5.74, 6) is 0. The quantitative estimate of drug-likeness (QED) is 0.431. The fourth-order valence-electron chi connectivity index (χ4n) is 0.289. The fraction of sp³-hybridized carbons (Fsp3) is 1.00. The van der Waals surface area contributed by atoms with Gasteiger partial charge in [-0.25, -0.2) is 16.8 Å². The third-order valence-electron chi connectivity index (χ3n) is 0.524. The Labute approximate surface area is 130 Å². The molecule has 93 valence electrons. The summed E-state index contributed by atoms with van der Waals surface area (Å²) in [6, 6.07) is 0. The van der Waals surface area contributed by atoms with Gasteiger partial charge in [-0.1, -0.05) is 0 Å². The SMILES string of the molecule is CCOS(=O)(=O)[O-].CCOS(=O)(=O)[O-].[Eu+2]. The zero-order valence-electron chi connectivity index (χ0n) is 7.87. The van der Waals surface area contributed by atoms with Crippen LogP contribution in [0.3, 0.4) is 0 Å². The third-order valence-corrected chi connectivity index (χ3v) is 1.57. The van der Waals surface area contributed by atoms with Gasteiger partial charge in [-0.15, -0.1) is 0 Å². The molecule has 0 aromatic heterocycles. The van der Waals surface area contributed by atoms with Crippen LogP contribution >= 0.6 is 0 Å². The molecule has 0 aliphatic carbocycles. The second-order valence-electron chi connectivity index (χ2n) is 1.63. The zero-order valence-corrected chi connectivity index (χ0v) is 11.9. The number of hydrogen-bond donors (Lipinski definition) is 0. The summed E-state index contributed by atoms with van der Waals surface area (Å²) in [6.45, 7) is 2.67. The molecule has 0 rings (SSSR count). The Morgan fingerprint density at radius 2 is 1.07 bits per heavy atom. The van der Waals surface area contributed by atoms with E-state index in [0.29, 0.717) is 0 Å². The Hall–Kier alpha value is 1.32. The second kappa shape index (κ2) is 10.5. The summed E-state index contributed by atoms with van der Waals surface area (Å²) in [7, 11) is -8.85. The maximum absolute atomic E-state index is 9.45. The number of rotatable bonds is 4. The van der Waals surface area contributed by atoms with Crippen LogP contribution in [0.2, 0.25) is 0 Å². The van der Waals surface area contributed by atoms with Crippen molar-refractivity contribution in [2.24, 2.45) is 0 Å². The minimum Gasteiger partial charge on any atom is -0.726 e. The predicted molar refractivity (Wildman–Crippen MR) is 42.6 cm³/mol. The third kappa shape index (κ3) is 31.3. The van der Waals surface area contributed by atoms with Gasteiger partial charge in [0, 0.05) is 0 Å². The van der Waals surface area contributed by atoms with Crippen LogP contribution in [0.1, 0.15) is 13.8 Å². The van der Waals surface area contributed by atoms with E-state index >= 15 is 0 Å². The van der Waals surface area contributed by atoms with Crippen molar-refractivity contribution in [2.75, 3.05) is 13.2 Å². The van der Waals surface area contributed by atoms with Gasteiger partial charge in [-0.05, 0) is 13.8 Å². The van der Waals surface area contributed by atoms with Crippen LogP contribution < -0.4 is 0 Å². The van der Waals surface area contributed by atoms with Gasteiger partial charge in [0.1, 0.15) is 0 Å². The van der Waals surface area contributed by atoms with Crippen LogP contribution in [0, 0.1) is 49.4 Å². The summed E-state index contributed by atoms with van der Waals surface area (Å²) >= 11 is 0. The van der Waals surface area contributed by atoms with E-state index in [-0.39, 0.29) is 62.6 Å². The summed E-state index contributed by atoms with van der Waals surface area (Å²) in [5.41, 5.74) is 0. The summed E-state index contributed by atoms with van der Waals surface area (Å²) in [5, 5.41) is 0. The molecule has 0 aliphatic rings. The van der Waals surface area contributed by atoms with Crippen molar-refractivity contribution in [2.45, 2.75) is 13.8 Å². The van der Waals surface area contributed by atoms with Crippen LogP contribution in [-0.2, 0) is 29.2 Å². The van der Waals surface area contributed by atoms with Gasteiger partial charge in [-0.2, -0.15) is 0 Å². The summed E-state index contributed by atoms with van der Waals surface area (Å²) in [4.78, 5) is 0. The second-order valence-corrected chi connectivity index (χ2v) is 3.73. The topological polar surface area (TPSA) is 133 Å². The monoisotopic (exact) mass is 403 g/mol. The van der Waals surface area contributed by atoms with Gasteiger partial charge < -0.3 is 9.11 Å². The number of hydrogen-bond acceptors (Lipinski definition) is 8. The van der Waals surface area contributed by atoms with Crippen molar-refractivity contribution in [3.05, 3.63) is 0 Å². The Bertz CT molecular complexity index is 285. The van der Waals surface area contributed by atoms with Crippen molar-refractivity contribution in [3.63, 3.8) is 0 Å². The van der Waals surface area contributed by atoms with E-state index in [2.05, 4.69) is 8.37 Å². The normalized spacial score (nSPS) is 10.9. The van der Waals surface area contributed by atoms with E-state index in [0.717, 1.165) is 0 Å². The minimum absolute atomic E-state index is 0. The molecule has 0 spiro atoms. The van der Waals surface area contributed by atoms with Gasteiger partial charge in [-0.3, -0.25) is 8.37 Å². The van der Waals surface area contributed by atoms with Crippen molar-refractivity contribution in [3.8, 4) is 0 Å². The standard InChI is InChI=1S/2C2H6O4S.Eu/c2*1-2-6-7(3,4)5;/h2*2H2,1H3,(H,3,4,5);/q;;+2/p-2. The molecule has 8 nitrogen and oxygen atoms in total. The average Bonchev–Trinajstić information content (AvgIpc) is 1.81. The summed E-state index contributed by atoms with van der Waals surface area (Å²) < 4.78 is 64.0. The Kier molecular flexibility index (Phi) is 15.1. The largest absolute Gasteiger partial charge is 2.00 e. The molecule has 0 saturated carbocycles. The summed E-state index contributed by atoms with van der Waals surface area (Å²) in [6.07, 6.45) is 0. The Balaban J connectivity index is -0.000000180. The van der Waals surface area contributed by atoms with E-state index in [1.54, 1.807) is 0 Å². The van der Waals surface area contributed by atoms with Gasteiger partial charge in [0.05, 0.1) is 13.2 Å². The van der Waals surface area contributed by atoms with Crippen LogP contribution in [0.4, 0.5) is 0 Å². The smallest absolute Gasteiger partial charge is 0.726 e. The first-order valence-electron chi connectivity index (χ1n) is 3.32. The molecule has 0 saturated heterocycles. The maximum Gasteiger partial charge on any atom is 2.00 e. The van der Waals surface area contributed by atoms with Crippen LogP contribution in [0.25, 0.3) is 0 Å². The molecule has 0 heterocycles. The van der Waals surface area contributed by atoms with Gasteiger partial charge in [0.2, 0.25) is 20.8 Å². The molecule has 0 unspecified atom stereocenters. The zero-order chi connectivity index (χ0) is 11.8. The Morgan fingerprint density at radius 3 is 1.07 bits per heavy atom. The fourth-order valence-corrected chi connectivity index (χ4v) is 0.866. The average molecular weight is 402 g/mol. The van der Waals surface area contributed by atoms with E-state index in [1.807, 2.05) is 0 Å². The predicted octanol–water partition coefficient (Wildman–Crippen LogP) is -1.03. The van der Waals surface area contributed by atoms with Crippen molar-refractivity contribution < 1.29 is 83.7 Å². The van der Waals surface area contributed by atoms with Gasteiger partial charge in [0.25, 0.3) is 0 Å². The minimum atomic E-state index is -4.42. The molecule has 1 radical (unpaired) electrons. The molecule has 0 aliphatic heterocycles. The molecule has 0 atom stereocenters. The molecule has 0 aromatic rings. The molecular weight excluding hydrogens is 392 g/mol. The van der Waals surface area contributed by atoms with Crippen molar-refractivity contribution in [1.82, 2.24) is 0 Å². The van der Waals surface area contributed by atoms with Gasteiger partial charge in [0.15, 0.2) is 0 Å². The molecule has 15 heavy (non-hydrogen) atoms. The Morgan fingerprint density at radius 1 is 0.867 bits per heavy atom. The first-order chi connectivity index (χ1) is 6.12. The first kappa shape index (κ1) is 21.6. The molecule has 11 heteroatoms. The molecule has 0 amide bonds. The molecule has 0 N–H and O–H groups in total.